The molecular weight excluding hydrogens is 440 g/mol. The summed E-state index contributed by atoms with van der Waals surface area (Å²) in [6, 6.07) is 6.44. The molecule has 0 spiro atoms. The van der Waals surface area contributed by atoms with Gasteiger partial charge in [0.2, 0.25) is 0 Å². The van der Waals surface area contributed by atoms with Crippen LogP contribution in [-0.2, 0) is 10.7 Å². The Morgan fingerprint density at radius 2 is 2.03 bits per heavy atom. The molecule has 2 aliphatic rings. The van der Waals surface area contributed by atoms with Gasteiger partial charge >= 0.3 is 0 Å². The zero-order valence-corrected chi connectivity index (χ0v) is 19.4. The molecule has 3 atom stereocenters. The van der Waals surface area contributed by atoms with Gasteiger partial charge in [-0.25, -0.2) is 13.8 Å². The van der Waals surface area contributed by atoms with E-state index in [-0.39, 0.29) is 23.2 Å². The molecular formula is C25H29F2N5O2. The number of nitriles is 1. The maximum Gasteiger partial charge on any atom is 0.270 e. The number of hydrogen-bond donors (Lipinski definition) is 1. The number of nitrogens with zero attached hydrogens (tertiary/aromatic N) is 4. The van der Waals surface area contributed by atoms with Crippen molar-refractivity contribution in [3.05, 3.63) is 53.0 Å². The van der Waals surface area contributed by atoms with E-state index >= 15 is 0 Å². The predicted octanol–water partition coefficient (Wildman–Crippen LogP) is 4.00. The largest absolute Gasteiger partial charge is 0.378 e. The normalized spacial score (nSPS) is 23.3. The summed E-state index contributed by atoms with van der Waals surface area (Å²) in [5.74, 6) is -2.33. The van der Waals surface area contributed by atoms with Crippen molar-refractivity contribution < 1.29 is 18.3 Å². The lowest BCUT2D eigenvalue weighted by Crippen LogP contribution is -2.40. The summed E-state index contributed by atoms with van der Waals surface area (Å²) in [7, 11) is 0. The van der Waals surface area contributed by atoms with Gasteiger partial charge in [0.15, 0.2) is 0 Å². The van der Waals surface area contributed by atoms with Crippen LogP contribution in [0, 0.1) is 17.2 Å². The minimum atomic E-state index is -3.04. The summed E-state index contributed by atoms with van der Waals surface area (Å²) >= 11 is 0. The third kappa shape index (κ3) is 5.33. The third-order valence-electron chi connectivity index (χ3n) is 6.78. The van der Waals surface area contributed by atoms with Crippen molar-refractivity contribution >= 4 is 11.7 Å². The van der Waals surface area contributed by atoms with Crippen molar-refractivity contribution in [1.82, 2.24) is 15.3 Å². The molecule has 180 valence electrons. The molecule has 4 rings (SSSR count). The lowest BCUT2D eigenvalue weighted by Gasteiger charge is -2.35. The summed E-state index contributed by atoms with van der Waals surface area (Å²) in [4.78, 5) is 23.4. The molecule has 0 aromatic carbocycles. The van der Waals surface area contributed by atoms with E-state index in [1.165, 1.54) is 12.3 Å². The molecule has 1 saturated heterocycles. The van der Waals surface area contributed by atoms with Crippen LogP contribution in [0.25, 0.3) is 0 Å². The van der Waals surface area contributed by atoms with Gasteiger partial charge in [-0.1, -0.05) is 6.92 Å². The number of hydrogen-bond acceptors (Lipinski definition) is 6. The molecule has 2 aromatic rings. The molecule has 34 heavy (non-hydrogen) atoms. The van der Waals surface area contributed by atoms with Gasteiger partial charge in [0.05, 0.1) is 18.8 Å². The maximum atomic E-state index is 13.7. The second-order valence-electron chi connectivity index (χ2n) is 9.24. The summed E-state index contributed by atoms with van der Waals surface area (Å²) in [6.07, 6.45) is 5.44. The number of pyridine rings is 2. The van der Waals surface area contributed by atoms with Crippen molar-refractivity contribution in [2.45, 2.75) is 51.0 Å². The summed E-state index contributed by atoms with van der Waals surface area (Å²) in [5, 5.41) is 12.7. The fourth-order valence-electron chi connectivity index (χ4n) is 4.79. The summed E-state index contributed by atoms with van der Waals surface area (Å²) in [5.41, 5.74) is 1.26. The number of rotatable bonds is 5. The fourth-order valence-corrected chi connectivity index (χ4v) is 4.79. The molecule has 2 aromatic heterocycles. The highest BCUT2D eigenvalue weighted by molar-refractivity contribution is 5.92. The number of carbonyl (C=O) groups excluding carboxylic acids is 1. The molecule has 0 bridgehead atoms. The van der Waals surface area contributed by atoms with Crippen LogP contribution in [-0.4, -0.2) is 48.2 Å². The number of ether oxygens (including phenoxy) is 1. The van der Waals surface area contributed by atoms with Crippen LogP contribution in [0.3, 0.4) is 0 Å². The minimum absolute atomic E-state index is 0.0162. The number of carbonyl (C=O) groups is 1. The Labute approximate surface area is 198 Å². The molecule has 9 heteroatoms. The molecule has 1 amide bonds. The molecule has 1 aliphatic heterocycles. The van der Waals surface area contributed by atoms with E-state index < -0.39 is 11.8 Å². The van der Waals surface area contributed by atoms with Crippen molar-refractivity contribution in [3.8, 4) is 6.07 Å². The predicted molar refractivity (Wildman–Crippen MR) is 123 cm³/mol. The van der Waals surface area contributed by atoms with Crippen molar-refractivity contribution in [2.75, 3.05) is 31.2 Å². The first-order chi connectivity index (χ1) is 16.3. The number of morpholine rings is 1. The maximum absolute atomic E-state index is 13.7. The standard InChI is InChI=1S/C25H29F2N5O2/c1-16-3-4-20(31-24(33)22-12-19(5-6-29-22)25(2,26)27)13-21(16)18-11-17(14-28)23(30-15-18)32-7-9-34-10-8-32/h5-6,11-12,15-16,20-21H,3-4,7-10,13H2,1-2H3,(H,31,33). The highest BCUT2D eigenvalue weighted by Crippen LogP contribution is 2.38. The van der Waals surface area contributed by atoms with Crippen LogP contribution in [0.1, 0.15) is 66.2 Å². The average Bonchev–Trinajstić information content (AvgIpc) is 2.85. The van der Waals surface area contributed by atoms with Gasteiger partial charge in [-0.15, -0.1) is 0 Å². The lowest BCUT2D eigenvalue weighted by molar-refractivity contribution is 0.0173. The van der Waals surface area contributed by atoms with E-state index in [2.05, 4.69) is 33.2 Å². The molecule has 1 aliphatic carbocycles. The number of alkyl halides is 2. The smallest absolute Gasteiger partial charge is 0.270 e. The van der Waals surface area contributed by atoms with Crippen molar-refractivity contribution in [3.63, 3.8) is 0 Å². The van der Waals surface area contributed by atoms with Gasteiger partial charge in [0.25, 0.3) is 11.8 Å². The highest BCUT2D eigenvalue weighted by Gasteiger charge is 2.32. The van der Waals surface area contributed by atoms with E-state index in [4.69, 9.17) is 4.74 Å². The Morgan fingerprint density at radius 1 is 1.26 bits per heavy atom. The Bertz CT molecular complexity index is 1080. The van der Waals surface area contributed by atoms with Gasteiger partial charge < -0.3 is 15.0 Å². The van der Waals surface area contributed by atoms with Crippen molar-refractivity contribution in [2.24, 2.45) is 5.92 Å². The second-order valence-corrected chi connectivity index (χ2v) is 9.24. The van der Waals surface area contributed by atoms with Crippen LogP contribution in [0.2, 0.25) is 0 Å². The number of halogens is 2. The lowest BCUT2D eigenvalue weighted by atomic mass is 9.74. The number of amides is 1. The average molecular weight is 470 g/mol. The van der Waals surface area contributed by atoms with Crippen LogP contribution in [0.5, 0.6) is 0 Å². The quantitative estimate of drug-likeness (QED) is 0.712. The third-order valence-corrected chi connectivity index (χ3v) is 6.78. The summed E-state index contributed by atoms with van der Waals surface area (Å²) < 4.78 is 32.7. The first-order valence-electron chi connectivity index (χ1n) is 11.6. The molecule has 7 nitrogen and oxygen atoms in total. The minimum Gasteiger partial charge on any atom is -0.378 e. The molecule has 0 radical (unpaired) electrons. The molecule has 3 heterocycles. The summed E-state index contributed by atoms with van der Waals surface area (Å²) in [6.45, 7) is 5.60. The van der Waals surface area contributed by atoms with Gasteiger partial charge in [-0.05, 0) is 54.9 Å². The Kier molecular flexibility index (Phi) is 7.08. The monoisotopic (exact) mass is 469 g/mol. The molecule has 2 fully saturated rings. The van der Waals surface area contributed by atoms with E-state index in [0.29, 0.717) is 50.0 Å². The van der Waals surface area contributed by atoms with E-state index in [9.17, 15) is 18.8 Å². The van der Waals surface area contributed by atoms with E-state index in [1.54, 1.807) is 0 Å². The van der Waals surface area contributed by atoms with Gasteiger partial charge in [0, 0.05) is 44.0 Å². The first kappa shape index (κ1) is 24.0. The van der Waals surface area contributed by atoms with Crippen LogP contribution >= 0.6 is 0 Å². The molecule has 1 N–H and O–H groups in total. The van der Waals surface area contributed by atoms with Crippen LogP contribution in [0.15, 0.2) is 30.6 Å². The topological polar surface area (TPSA) is 91.1 Å². The molecule has 3 unspecified atom stereocenters. The Morgan fingerprint density at radius 3 is 2.74 bits per heavy atom. The van der Waals surface area contributed by atoms with Gasteiger partial charge in [0.1, 0.15) is 17.6 Å². The van der Waals surface area contributed by atoms with Crippen LogP contribution < -0.4 is 10.2 Å². The molecule has 1 saturated carbocycles. The Hall–Kier alpha value is -3.12. The SMILES string of the molecule is CC1CCC(NC(=O)c2cc(C(C)(F)F)ccn2)CC1c1cnc(N2CCOCC2)c(C#N)c1. The number of nitrogens with one attached hydrogen (secondary N) is 1. The fraction of sp³-hybridized carbons (Fsp3) is 0.520. The Balaban J connectivity index is 1.48. The zero-order valence-electron chi connectivity index (χ0n) is 19.4. The van der Waals surface area contributed by atoms with Crippen LogP contribution in [0.4, 0.5) is 14.6 Å². The van der Waals surface area contributed by atoms with Gasteiger partial charge in [-0.2, -0.15) is 5.26 Å². The van der Waals surface area contributed by atoms with E-state index in [1.807, 2.05) is 12.3 Å². The highest BCUT2D eigenvalue weighted by atomic mass is 19.3. The number of aromatic nitrogens is 2. The first-order valence-corrected chi connectivity index (χ1v) is 11.6. The number of anilines is 1. The van der Waals surface area contributed by atoms with E-state index in [0.717, 1.165) is 31.4 Å². The zero-order chi connectivity index (χ0) is 24.3. The second kappa shape index (κ2) is 10.0. The van der Waals surface area contributed by atoms with Crippen molar-refractivity contribution in [1.29, 1.82) is 5.26 Å². The van der Waals surface area contributed by atoms with Gasteiger partial charge in [-0.3, -0.25) is 9.78 Å².